The Kier molecular flexibility index (Phi) is 8.01. The van der Waals surface area contributed by atoms with Crippen molar-refractivity contribution in [1.82, 2.24) is 15.3 Å². The highest BCUT2D eigenvalue weighted by molar-refractivity contribution is 6.31. The van der Waals surface area contributed by atoms with Gasteiger partial charge in [-0.05, 0) is 30.7 Å². The first kappa shape index (κ1) is 22.7. The van der Waals surface area contributed by atoms with Crippen molar-refractivity contribution in [1.29, 1.82) is 0 Å². The number of pyridine rings is 2. The predicted octanol–water partition coefficient (Wildman–Crippen LogP) is 3.78. The Morgan fingerprint density at radius 3 is 2.59 bits per heavy atom. The fraction of sp³-hybridized carbons (Fsp3) is 0.400. The number of halogens is 3. The summed E-state index contributed by atoms with van der Waals surface area (Å²) in [5.74, 6) is -0.502. The molecule has 6 nitrogen and oxygen atoms in total. The molecule has 29 heavy (non-hydrogen) atoms. The molecule has 2 aromatic heterocycles. The average molecular weight is 426 g/mol. The second kappa shape index (κ2) is 10.2. The van der Waals surface area contributed by atoms with Crippen molar-refractivity contribution in [3.8, 4) is 5.88 Å². The van der Waals surface area contributed by atoms with Crippen molar-refractivity contribution in [3.63, 3.8) is 0 Å². The normalized spacial score (nSPS) is 11.0. The lowest BCUT2D eigenvalue weighted by molar-refractivity contribution is -0.121. The van der Waals surface area contributed by atoms with Crippen LogP contribution >= 0.6 is 11.6 Å². The molecule has 0 radical (unpaired) electrons. The van der Waals surface area contributed by atoms with Gasteiger partial charge in [-0.25, -0.2) is 13.8 Å². The molecule has 0 aliphatic heterocycles. The summed E-state index contributed by atoms with van der Waals surface area (Å²) >= 11 is 5.98. The summed E-state index contributed by atoms with van der Waals surface area (Å²) < 4.78 is 29.2. The van der Waals surface area contributed by atoms with Gasteiger partial charge in [0.15, 0.2) is 6.61 Å². The van der Waals surface area contributed by atoms with Crippen LogP contribution in [0.25, 0.3) is 0 Å². The topological polar surface area (TPSA) is 81.2 Å². The Morgan fingerprint density at radius 2 is 1.97 bits per heavy atom. The van der Waals surface area contributed by atoms with E-state index in [1.165, 1.54) is 12.3 Å². The number of Topliss-reactive ketones (excluding diaryl/α,β-unsaturated/α-hetero) is 1. The third-order valence-corrected chi connectivity index (χ3v) is 4.20. The summed E-state index contributed by atoms with van der Waals surface area (Å²) in [6.45, 7) is 4.71. The molecule has 1 N–H and O–H groups in total. The van der Waals surface area contributed by atoms with E-state index < -0.39 is 13.0 Å². The van der Waals surface area contributed by atoms with Crippen LogP contribution < -0.4 is 10.1 Å². The quantitative estimate of drug-likeness (QED) is 0.661. The molecule has 0 aromatic carbocycles. The number of hydrogen-bond acceptors (Lipinski definition) is 5. The van der Waals surface area contributed by atoms with E-state index in [9.17, 15) is 18.4 Å². The van der Waals surface area contributed by atoms with Crippen LogP contribution in [-0.2, 0) is 17.8 Å². The van der Waals surface area contributed by atoms with Gasteiger partial charge in [0.2, 0.25) is 5.88 Å². The van der Waals surface area contributed by atoms with E-state index in [0.717, 1.165) is 0 Å². The molecule has 0 aliphatic rings. The van der Waals surface area contributed by atoms with Gasteiger partial charge >= 0.3 is 0 Å². The summed E-state index contributed by atoms with van der Waals surface area (Å²) in [5, 5.41) is 2.81. The van der Waals surface area contributed by atoms with Gasteiger partial charge in [0.05, 0.1) is 0 Å². The molecule has 0 spiro atoms. The fourth-order valence-electron chi connectivity index (χ4n) is 2.44. The first-order valence-corrected chi connectivity index (χ1v) is 9.37. The Morgan fingerprint density at radius 1 is 1.24 bits per heavy atom. The third kappa shape index (κ3) is 7.05. The number of nitrogens with zero attached hydrogens (tertiary/aromatic N) is 2. The van der Waals surface area contributed by atoms with Gasteiger partial charge in [-0.3, -0.25) is 14.6 Å². The number of amides is 1. The number of carbonyl (C=O) groups is 2. The van der Waals surface area contributed by atoms with Crippen LogP contribution in [0.2, 0.25) is 5.02 Å². The average Bonchev–Trinajstić information content (AvgIpc) is 2.64. The number of ether oxygens (including phenoxy) is 1. The molecule has 0 atom stereocenters. The van der Waals surface area contributed by atoms with Gasteiger partial charge in [-0.2, -0.15) is 0 Å². The molecular formula is C20H22ClF2N3O3. The van der Waals surface area contributed by atoms with E-state index in [4.69, 9.17) is 16.3 Å². The molecule has 0 fully saturated rings. The fourth-order valence-corrected chi connectivity index (χ4v) is 2.68. The van der Waals surface area contributed by atoms with Crippen molar-refractivity contribution in [3.05, 3.63) is 51.9 Å². The molecule has 2 aromatic rings. The van der Waals surface area contributed by atoms with Gasteiger partial charge in [0.1, 0.15) is 10.8 Å². The highest BCUT2D eigenvalue weighted by Gasteiger charge is 2.14. The number of carbonyl (C=O) groups excluding carboxylic acids is 2. The van der Waals surface area contributed by atoms with E-state index in [2.05, 4.69) is 15.3 Å². The van der Waals surface area contributed by atoms with E-state index in [1.807, 2.05) is 13.8 Å². The lowest BCUT2D eigenvalue weighted by Gasteiger charge is -2.10. The first-order chi connectivity index (χ1) is 13.7. The highest BCUT2D eigenvalue weighted by atomic mass is 35.5. The monoisotopic (exact) mass is 425 g/mol. The highest BCUT2D eigenvalue weighted by Crippen LogP contribution is 2.23. The molecule has 156 valence electrons. The van der Waals surface area contributed by atoms with E-state index in [-0.39, 0.29) is 41.5 Å². The molecule has 9 heteroatoms. The number of rotatable bonds is 9. The van der Waals surface area contributed by atoms with Crippen LogP contribution in [0.3, 0.4) is 0 Å². The number of nitrogens with one attached hydrogen (secondary N) is 1. The van der Waals surface area contributed by atoms with Crippen molar-refractivity contribution < 1.29 is 23.1 Å². The smallest absolute Gasteiger partial charge is 0.272 e. The minimum Gasteiger partial charge on any atom is -0.471 e. The number of aryl methyl sites for hydroxylation is 1. The summed E-state index contributed by atoms with van der Waals surface area (Å²) in [4.78, 5) is 32.6. The molecule has 0 aliphatic carbocycles. The standard InChI is InChI=1S/C20H22ClF2N3O3/c1-11(2)17(27)7-15-6-14(4-12(3)26-15)19(28)24-8-13-5-16(21)20(25-9-13)29-10-18(22)23/h4-6,9,11,18H,7-8,10H2,1-3H3,(H,24,28). The van der Waals surface area contributed by atoms with Gasteiger partial charge in [-0.1, -0.05) is 25.4 Å². The Bertz CT molecular complexity index is 891. The maximum atomic E-state index is 12.5. The van der Waals surface area contributed by atoms with Crippen molar-refractivity contribution >= 4 is 23.3 Å². The Balaban J connectivity index is 2.02. The molecule has 1 amide bonds. The summed E-state index contributed by atoms with van der Waals surface area (Å²) in [7, 11) is 0. The lowest BCUT2D eigenvalue weighted by atomic mass is 10.0. The second-order valence-electron chi connectivity index (χ2n) is 6.80. The zero-order chi connectivity index (χ0) is 21.6. The van der Waals surface area contributed by atoms with Gasteiger partial charge in [0, 0.05) is 42.0 Å². The molecular weight excluding hydrogens is 404 g/mol. The Hall–Kier alpha value is -2.61. The van der Waals surface area contributed by atoms with Crippen LogP contribution in [-0.4, -0.2) is 34.7 Å². The minimum atomic E-state index is -2.63. The largest absolute Gasteiger partial charge is 0.471 e. The zero-order valence-electron chi connectivity index (χ0n) is 16.3. The Labute approximate surface area is 172 Å². The van der Waals surface area contributed by atoms with Crippen molar-refractivity contribution in [2.24, 2.45) is 5.92 Å². The third-order valence-electron chi connectivity index (χ3n) is 3.93. The minimum absolute atomic E-state index is 0.0457. The van der Waals surface area contributed by atoms with Crippen LogP contribution in [0, 0.1) is 12.8 Å². The summed E-state index contributed by atoms with van der Waals surface area (Å²) in [6, 6.07) is 4.71. The molecule has 0 bridgehead atoms. The molecule has 0 saturated heterocycles. The number of hydrogen-bond donors (Lipinski definition) is 1. The first-order valence-electron chi connectivity index (χ1n) is 8.99. The maximum Gasteiger partial charge on any atom is 0.272 e. The lowest BCUT2D eigenvalue weighted by Crippen LogP contribution is -2.23. The SMILES string of the molecule is Cc1cc(C(=O)NCc2cnc(OCC(F)F)c(Cl)c2)cc(CC(=O)C(C)C)n1. The number of alkyl halides is 2. The van der Waals surface area contributed by atoms with Crippen LogP contribution in [0.15, 0.2) is 24.4 Å². The molecule has 2 rings (SSSR count). The van der Waals surface area contributed by atoms with Gasteiger partial charge in [-0.15, -0.1) is 0 Å². The summed E-state index contributed by atoms with van der Waals surface area (Å²) in [6.07, 6.45) is -1.08. The van der Waals surface area contributed by atoms with E-state index in [1.54, 1.807) is 19.1 Å². The van der Waals surface area contributed by atoms with Crippen LogP contribution in [0.1, 0.15) is 41.2 Å². The zero-order valence-corrected chi connectivity index (χ0v) is 17.1. The predicted molar refractivity (Wildman–Crippen MR) is 104 cm³/mol. The van der Waals surface area contributed by atoms with E-state index >= 15 is 0 Å². The van der Waals surface area contributed by atoms with E-state index in [0.29, 0.717) is 22.5 Å². The van der Waals surface area contributed by atoms with Crippen molar-refractivity contribution in [2.45, 2.75) is 40.2 Å². The molecule has 2 heterocycles. The maximum absolute atomic E-state index is 12.5. The summed E-state index contributed by atoms with van der Waals surface area (Å²) in [5.41, 5.74) is 2.14. The van der Waals surface area contributed by atoms with Crippen molar-refractivity contribution in [2.75, 3.05) is 6.61 Å². The molecule has 0 saturated carbocycles. The van der Waals surface area contributed by atoms with Gasteiger partial charge in [0.25, 0.3) is 12.3 Å². The second-order valence-corrected chi connectivity index (χ2v) is 7.21. The van der Waals surface area contributed by atoms with Crippen LogP contribution in [0.4, 0.5) is 8.78 Å². The van der Waals surface area contributed by atoms with Gasteiger partial charge < -0.3 is 10.1 Å². The molecule has 0 unspecified atom stereocenters. The number of aromatic nitrogens is 2. The van der Waals surface area contributed by atoms with Crippen LogP contribution in [0.5, 0.6) is 5.88 Å². The number of ketones is 1.